The van der Waals surface area contributed by atoms with Crippen molar-refractivity contribution >= 4 is 37.5 Å². The van der Waals surface area contributed by atoms with Crippen LogP contribution in [0.25, 0.3) is 0 Å². The van der Waals surface area contributed by atoms with Gasteiger partial charge in [0.15, 0.2) is 0 Å². The zero-order chi connectivity index (χ0) is 22.4. The van der Waals surface area contributed by atoms with Crippen LogP contribution in [-0.2, 0) is 27.7 Å². The van der Waals surface area contributed by atoms with Gasteiger partial charge in [-0.25, -0.2) is 8.42 Å². The third kappa shape index (κ3) is 5.76. The molecule has 3 rings (SSSR count). The van der Waals surface area contributed by atoms with Gasteiger partial charge in [-0.1, -0.05) is 67.2 Å². The van der Waals surface area contributed by atoms with Crippen LogP contribution in [0.3, 0.4) is 0 Å². The molecule has 0 radical (unpaired) electrons. The number of nitrogens with one attached hydrogen (secondary N) is 1. The van der Waals surface area contributed by atoms with E-state index in [1.165, 1.54) is 4.31 Å². The number of rotatable bonds is 8. The summed E-state index contributed by atoms with van der Waals surface area (Å²) >= 11 is 3.36. The van der Waals surface area contributed by atoms with Crippen LogP contribution in [0.2, 0.25) is 0 Å². The van der Waals surface area contributed by atoms with Gasteiger partial charge in [0.05, 0.1) is 11.4 Å². The largest absolute Gasteiger partial charge is 0.324 e. The highest BCUT2D eigenvalue weighted by Gasteiger charge is 2.34. The van der Waals surface area contributed by atoms with E-state index in [0.717, 1.165) is 66.2 Å². The van der Waals surface area contributed by atoms with E-state index in [-0.39, 0.29) is 23.4 Å². The summed E-state index contributed by atoms with van der Waals surface area (Å²) < 4.78 is 29.3. The van der Waals surface area contributed by atoms with Crippen molar-refractivity contribution in [3.05, 3.63) is 58.1 Å². The monoisotopic (exact) mass is 506 g/mol. The van der Waals surface area contributed by atoms with E-state index in [0.29, 0.717) is 0 Å². The highest BCUT2D eigenvalue weighted by atomic mass is 79.9. The van der Waals surface area contributed by atoms with Gasteiger partial charge in [-0.2, -0.15) is 4.31 Å². The molecule has 0 aromatic heterocycles. The summed E-state index contributed by atoms with van der Waals surface area (Å²) in [4.78, 5) is 13.3. The van der Waals surface area contributed by atoms with Crippen LogP contribution in [0.1, 0.15) is 57.1 Å². The van der Waals surface area contributed by atoms with Crippen LogP contribution in [-0.4, -0.2) is 31.2 Å². The first-order valence-corrected chi connectivity index (χ1v) is 13.3. The van der Waals surface area contributed by atoms with Gasteiger partial charge in [-0.05, 0) is 61.1 Å². The molecule has 0 heterocycles. The lowest BCUT2D eigenvalue weighted by Crippen LogP contribution is -2.45. The Hall–Kier alpha value is -1.70. The van der Waals surface area contributed by atoms with Crippen LogP contribution >= 0.6 is 15.9 Å². The van der Waals surface area contributed by atoms with Gasteiger partial charge in [-0.3, -0.25) is 4.79 Å². The second-order valence-electron chi connectivity index (χ2n) is 8.00. The predicted molar refractivity (Wildman–Crippen MR) is 129 cm³/mol. The predicted octanol–water partition coefficient (Wildman–Crippen LogP) is 5.54. The maximum atomic E-state index is 13.5. The number of carbonyl (C=O) groups is 1. The molecule has 0 spiro atoms. The number of anilines is 1. The zero-order valence-corrected chi connectivity index (χ0v) is 20.6. The first-order valence-electron chi connectivity index (χ1n) is 11.0. The lowest BCUT2D eigenvalue weighted by Gasteiger charge is -2.33. The normalized spacial score (nSPS) is 15.2. The summed E-state index contributed by atoms with van der Waals surface area (Å²) in [6.07, 6.45) is 6.25. The van der Waals surface area contributed by atoms with E-state index in [4.69, 9.17) is 0 Å². The molecule has 7 heteroatoms. The molecule has 1 aliphatic rings. The van der Waals surface area contributed by atoms with E-state index in [9.17, 15) is 13.2 Å². The van der Waals surface area contributed by atoms with Gasteiger partial charge in [0.1, 0.15) is 0 Å². The average molecular weight is 507 g/mol. The minimum Gasteiger partial charge on any atom is -0.324 e. The lowest BCUT2D eigenvalue weighted by atomic mass is 9.95. The number of amides is 1. The minimum absolute atomic E-state index is 0.153. The molecule has 1 saturated carbocycles. The molecule has 168 valence electrons. The van der Waals surface area contributed by atoms with E-state index >= 15 is 0 Å². The molecule has 0 unspecified atom stereocenters. The zero-order valence-electron chi connectivity index (χ0n) is 18.2. The molecule has 1 fully saturated rings. The van der Waals surface area contributed by atoms with Crippen molar-refractivity contribution in [2.45, 2.75) is 69.7 Å². The number of carbonyl (C=O) groups excluding carboxylic acids is 1. The van der Waals surface area contributed by atoms with Gasteiger partial charge in [0, 0.05) is 16.2 Å². The molecule has 0 atom stereocenters. The smallest absolute Gasteiger partial charge is 0.243 e. The molecule has 5 nitrogen and oxygen atoms in total. The van der Waals surface area contributed by atoms with Crippen LogP contribution in [0, 0.1) is 0 Å². The fraction of sp³-hybridized carbons (Fsp3) is 0.458. The number of hydrogen-bond donors (Lipinski definition) is 1. The molecule has 31 heavy (non-hydrogen) atoms. The van der Waals surface area contributed by atoms with Gasteiger partial charge < -0.3 is 5.32 Å². The Morgan fingerprint density at radius 2 is 1.58 bits per heavy atom. The van der Waals surface area contributed by atoms with Gasteiger partial charge in [-0.15, -0.1) is 0 Å². The first-order chi connectivity index (χ1) is 14.9. The number of benzene rings is 2. The standard InChI is InChI=1S/C24H31BrN2O3S/c1-3-18-9-8-10-19(4-2)24(18)26-23(28)17-27(21-11-6-5-7-12-21)31(29,30)22-15-13-20(25)14-16-22/h8-10,13-16,21H,3-7,11-12,17H2,1-2H3,(H,26,28). The fourth-order valence-corrected chi connectivity index (χ4v) is 6.15. The molecule has 1 amide bonds. The highest BCUT2D eigenvalue weighted by molar-refractivity contribution is 9.10. The molecular formula is C24H31BrN2O3S. The maximum absolute atomic E-state index is 13.5. The summed E-state index contributed by atoms with van der Waals surface area (Å²) in [5, 5.41) is 3.03. The second-order valence-corrected chi connectivity index (χ2v) is 10.8. The Kier molecular flexibility index (Phi) is 8.30. The molecule has 2 aromatic rings. The van der Waals surface area contributed by atoms with Crippen molar-refractivity contribution in [3.8, 4) is 0 Å². The lowest BCUT2D eigenvalue weighted by molar-refractivity contribution is -0.116. The number of sulfonamides is 1. The van der Waals surface area contributed by atoms with Gasteiger partial charge in [0.2, 0.25) is 15.9 Å². The van der Waals surface area contributed by atoms with Crippen molar-refractivity contribution in [2.75, 3.05) is 11.9 Å². The van der Waals surface area contributed by atoms with Gasteiger partial charge >= 0.3 is 0 Å². The highest BCUT2D eigenvalue weighted by Crippen LogP contribution is 2.29. The van der Waals surface area contributed by atoms with Crippen molar-refractivity contribution in [2.24, 2.45) is 0 Å². The van der Waals surface area contributed by atoms with Crippen LogP contribution in [0.15, 0.2) is 51.8 Å². The SMILES string of the molecule is CCc1cccc(CC)c1NC(=O)CN(C1CCCCC1)S(=O)(=O)c1ccc(Br)cc1. The number of para-hydroxylation sites is 1. The van der Waals surface area contributed by atoms with Crippen molar-refractivity contribution in [1.82, 2.24) is 4.31 Å². The average Bonchev–Trinajstić information content (AvgIpc) is 2.78. The summed E-state index contributed by atoms with van der Waals surface area (Å²) in [5.41, 5.74) is 2.95. The number of aryl methyl sites for hydroxylation is 2. The summed E-state index contributed by atoms with van der Waals surface area (Å²) in [7, 11) is -3.78. The maximum Gasteiger partial charge on any atom is 0.243 e. The Morgan fingerprint density at radius 1 is 1.00 bits per heavy atom. The molecule has 0 aliphatic heterocycles. The summed E-state index contributed by atoms with van der Waals surface area (Å²) in [6, 6.07) is 12.5. The third-order valence-corrected chi connectivity index (χ3v) is 8.41. The summed E-state index contributed by atoms with van der Waals surface area (Å²) in [5.74, 6) is -0.290. The molecule has 1 aliphatic carbocycles. The quantitative estimate of drug-likeness (QED) is 0.511. The van der Waals surface area contributed by atoms with E-state index in [1.54, 1.807) is 24.3 Å². The molecule has 1 N–H and O–H groups in total. The third-order valence-electron chi connectivity index (χ3n) is 5.96. The number of nitrogens with zero attached hydrogens (tertiary/aromatic N) is 1. The Balaban J connectivity index is 1.89. The Labute approximate surface area is 194 Å². The van der Waals surface area contributed by atoms with E-state index < -0.39 is 10.0 Å². The number of hydrogen-bond acceptors (Lipinski definition) is 3. The van der Waals surface area contributed by atoms with Crippen LogP contribution in [0.5, 0.6) is 0 Å². The van der Waals surface area contributed by atoms with Crippen molar-refractivity contribution in [3.63, 3.8) is 0 Å². The van der Waals surface area contributed by atoms with Crippen LogP contribution < -0.4 is 5.32 Å². The van der Waals surface area contributed by atoms with Crippen molar-refractivity contribution < 1.29 is 13.2 Å². The van der Waals surface area contributed by atoms with Gasteiger partial charge in [0.25, 0.3) is 0 Å². The Bertz CT molecular complexity index is 978. The second kappa shape index (κ2) is 10.7. The van der Waals surface area contributed by atoms with Crippen molar-refractivity contribution in [1.29, 1.82) is 0 Å². The molecule has 0 bridgehead atoms. The van der Waals surface area contributed by atoms with Crippen LogP contribution in [0.4, 0.5) is 5.69 Å². The molecule has 2 aromatic carbocycles. The van der Waals surface area contributed by atoms with E-state index in [1.807, 2.05) is 18.2 Å². The summed E-state index contributed by atoms with van der Waals surface area (Å²) in [6.45, 7) is 3.93. The topological polar surface area (TPSA) is 66.5 Å². The number of halogens is 1. The Morgan fingerprint density at radius 3 is 2.13 bits per heavy atom. The van der Waals surface area contributed by atoms with E-state index in [2.05, 4.69) is 35.1 Å². The fourth-order valence-electron chi connectivity index (χ4n) is 4.24. The minimum atomic E-state index is -3.78. The molecular weight excluding hydrogens is 476 g/mol. The molecule has 0 saturated heterocycles. The first kappa shape index (κ1) is 24.0.